The van der Waals surface area contributed by atoms with Crippen LogP contribution >= 0.6 is 0 Å². The lowest BCUT2D eigenvalue weighted by atomic mass is 10.0. The number of anilines is 1. The molecule has 0 spiro atoms. The van der Waals surface area contributed by atoms with Crippen LogP contribution in [0.4, 0.5) is 10.1 Å². The van der Waals surface area contributed by atoms with E-state index in [9.17, 15) is 14.0 Å². The smallest absolute Gasteiger partial charge is 0.257 e. The van der Waals surface area contributed by atoms with Crippen LogP contribution in [0.1, 0.15) is 29.8 Å². The van der Waals surface area contributed by atoms with E-state index in [4.69, 9.17) is 14.2 Å². The number of methoxy groups -OCH3 is 2. The quantitative estimate of drug-likeness (QED) is 0.654. The molecule has 8 nitrogen and oxygen atoms in total. The van der Waals surface area contributed by atoms with Crippen LogP contribution in [0, 0.1) is 11.7 Å². The van der Waals surface area contributed by atoms with Crippen LogP contribution in [0.15, 0.2) is 42.5 Å². The average molecular weight is 502 g/mol. The molecule has 1 aliphatic heterocycles. The normalized spacial score (nSPS) is 21.7. The predicted octanol–water partition coefficient (Wildman–Crippen LogP) is 3.42. The number of likely N-dealkylation sites (N-methyl/N-ethyl adjacent to an activating group) is 1. The Morgan fingerprint density at radius 3 is 2.64 bits per heavy atom. The second-order valence-electron chi connectivity index (χ2n) is 9.35. The number of carbonyl (C=O) groups is 2. The van der Waals surface area contributed by atoms with Gasteiger partial charge in [-0.3, -0.25) is 14.5 Å². The fourth-order valence-electron chi connectivity index (χ4n) is 4.34. The Morgan fingerprint density at radius 1 is 1.17 bits per heavy atom. The highest BCUT2D eigenvalue weighted by Crippen LogP contribution is 2.27. The van der Waals surface area contributed by atoms with Crippen molar-refractivity contribution in [3.05, 3.63) is 59.4 Å². The lowest BCUT2D eigenvalue weighted by Gasteiger charge is -2.36. The molecular weight excluding hydrogens is 465 g/mol. The molecule has 0 radical (unpaired) electrons. The molecule has 3 atom stereocenters. The molecule has 0 bridgehead atoms. The molecule has 9 heteroatoms. The average Bonchev–Trinajstić information content (AvgIpc) is 2.84. The first-order valence-corrected chi connectivity index (χ1v) is 12.0. The van der Waals surface area contributed by atoms with Gasteiger partial charge in [0.1, 0.15) is 24.8 Å². The van der Waals surface area contributed by atoms with Gasteiger partial charge in [-0.05, 0) is 42.7 Å². The first kappa shape index (κ1) is 27.6. The van der Waals surface area contributed by atoms with Crippen molar-refractivity contribution in [1.82, 2.24) is 9.80 Å². The second kappa shape index (κ2) is 12.8. The molecule has 0 fully saturated rings. The number of hydrogen-bond donors (Lipinski definition) is 1. The predicted molar refractivity (Wildman–Crippen MR) is 136 cm³/mol. The Morgan fingerprint density at radius 2 is 1.94 bits per heavy atom. The summed E-state index contributed by atoms with van der Waals surface area (Å²) in [6.45, 7) is 5.94. The fourth-order valence-corrected chi connectivity index (χ4v) is 4.34. The van der Waals surface area contributed by atoms with E-state index in [1.54, 1.807) is 49.4 Å². The van der Waals surface area contributed by atoms with Crippen molar-refractivity contribution in [2.45, 2.75) is 32.5 Å². The fraction of sp³-hybridized carbons (Fsp3) is 0.481. The van der Waals surface area contributed by atoms with Crippen molar-refractivity contribution in [2.75, 3.05) is 52.9 Å². The molecule has 0 saturated carbocycles. The van der Waals surface area contributed by atoms with E-state index in [2.05, 4.69) is 17.1 Å². The van der Waals surface area contributed by atoms with Gasteiger partial charge in [-0.2, -0.15) is 0 Å². The van der Waals surface area contributed by atoms with Gasteiger partial charge in [-0.1, -0.05) is 19.1 Å². The van der Waals surface area contributed by atoms with Crippen LogP contribution in [0.5, 0.6) is 5.75 Å². The lowest BCUT2D eigenvalue weighted by molar-refractivity contribution is -0.119. The number of rotatable bonds is 6. The van der Waals surface area contributed by atoms with Crippen molar-refractivity contribution < 1.29 is 28.2 Å². The van der Waals surface area contributed by atoms with E-state index in [0.29, 0.717) is 43.2 Å². The molecule has 1 aliphatic rings. The molecule has 1 N–H and O–H groups in total. The summed E-state index contributed by atoms with van der Waals surface area (Å²) < 4.78 is 30.7. The Hall–Kier alpha value is -3.01. The molecule has 0 unspecified atom stereocenters. The largest absolute Gasteiger partial charge is 0.491 e. The minimum atomic E-state index is -0.305. The summed E-state index contributed by atoms with van der Waals surface area (Å²) in [6.07, 6.45) is -0.197. The topological polar surface area (TPSA) is 80.3 Å². The van der Waals surface area contributed by atoms with Crippen molar-refractivity contribution in [2.24, 2.45) is 5.92 Å². The van der Waals surface area contributed by atoms with Crippen LogP contribution in [-0.4, -0.2) is 81.3 Å². The number of nitrogens with zero attached hydrogens (tertiary/aromatic N) is 2. The molecular formula is C27H36FN3O5. The number of amides is 2. The first-order valence-electron chi connectivity index (χ1n) is 12.0. The number of carbonyl (C=O) groups excluding carboxylic acids is 2. The van der Waals surface area contributed by atoms with E-state index in [-0.39, 0.29) is 42.3 Å². The molecule has 2 amide bonds. The van der Waals surface area contributed by atoms with E-state index in [1.165, 1.54) is 13.2 Å². The maximum Gasteiger partial charge on any atom is 0.257 e. The molecule has 0 aliphatic carbocycles. The maximum absolute atomic E-state index is 13.9. The molecule has 0 saturated heterocycles. The van der Waals surface area contributed by atoms with Crippen LogP contribution in [-0.2, 0) is 20.8 Å². The summed E-state index contributed by atoms with van der Waals surface area (Å²) in [5.74, 6) is -0.300. The zero-order valence-corrected chi connectivity index (χ0v) is 21.6. The number of ether oxygens (including phenoxy) is 3. The molecule has 2 aromatic rings. The molecule has 36 heavy (non-hydrogen) atoms. The van der Waals surface area contributed by atoms with E-state index < -0.39 is 0 Å². The standard InChI is InChI=1S/C27H36FN3O5/c1-18-13-31(14-20-7-6-8-21(28)11-20)19(2)16-36-24-12-22(29-26(32)17-34-4)9-10-23(24)27(33)30(3)15-25(18)35-5/h6-12,18-19,25H,13-17H2,1-5H3,(H,29,32)/t18-,19-,25-/m1/s1. The van der Waals surface area contributed by atoms with E-state index >= 15 is 0 Å². The molecule has 2 aromatic carbocycles. The number of halogens is 1. The third-order valence-corrected chi connectivity index (χ3v) is 6.41. The van der Waals surface area contributed by atoms with E-state index in [1.807, 2.05) is 13.0 Å². The highest BCUT2D eigenvalue weighted by molar-refractivity contribution is 5.98. The van der Waals surface area contributed by atoms with Crippen molar-refractivity contribution in [3.8, 4) is 5.75 Å². The summed E-state index contributed by atoms with van der Waals surface area (Å²) in [7, 11) is 4.83. The summed E-state index contributed by atoms with van der Waals surface area (Å²) in [5.41, 5.74) is 1.77. The zero-order chi connectivity index (χ0) is 26.2. The number of benzene rings is 2. The van der Waals surface area contributed by atoms with Crippen molar-refractivity contribution in [1.29, 1.82) is 0 Å². The highest BCUT2D eigenvalue weighted by atomic mass is 19.1. The van der Waals surface area contributed by atoms with E-state index in [0.717, 1.165) is 5.56 Å². The summed E-state index contributed by atoms with van der Waals surface area (Å²) in [6, 6.07) is 11.5. The third-order valence-electron chi connectivity index (χ3n) is 6.41. The number of hydrogen-bond acceptors (Lipinski definition) is 6. The van der Waals surface area contributed by atoms with Gasteiger partial charge in [-0.25, -0.2) is 4.39 Å². The summed E-state index contributed by atoms with van der Waals surface area (Å²) >= 11 is 0. The lowest BCUT2D eigenvalue weighted by Crippen LogP contribution is -2.46. The van der Waals surface area contributed by atoms with Crippen LogP contribution in [0.2, 0.25) is 0 Å². The molecule has 0 aromatic heterocycles. The summed E-state index contributed by atoms with van der Waals surface area (Å²) in [5, 5.41) is 2.75. The van der Waals surface area contributed by atoms with Crippen molar-refractivity contribution >= 4 is 17.5 Å². The minimum Gasteiger partial charge on any atom is -0.491 e. The van der Waals surface area contributed by atoms with Crippen LogP contribution in [0.25, 0.3) is 0 Å². The highest BCUT2D eigenvalue weighted by Gasteiger charge is 2.28. The Balaban J connectivity index is 1.93. The van der Waals surface area contributed by atoms with Crippen molar-refractivity contribution in [3.63, 3.8) is 0 Å². The van der Waals surface area contributed by atoms with Gasteiger partial charge in [0.05, 0.1) is 11.7 Å². The maximum atomic E-state index is 13.9. The van der Waals surface area contributed by atoms with Crippen LogP contribution in [0.3, 0.4) is 0 Å². The molecule has 196 valence electrons. The minimum absolute atomic E-state index is 0.0555. The number of nitrogens with one attached hydrogen (secondary N) is 1. The van der Waals surface area contributed by atoms with Crippen LogP contribution < -0.4 is 10.1 Å². The van der Waals surface area contributed by atoms with Gasteiger partial charge in [0.15, 0.2) is 0 Å². The molecule has 1 heterocycles. The molecule has 3 rings (SSSR count). The Labute approximate surface area is 212 Å². The summed E-state index contributed by atoms with van der Waals surface area (Å²) in [4.78, 5) is 29.2. The first-order chi connectivity index (χ1) is 17.2. The Bertz CT molecular complexity index is 1050. The van der Waals surface area contributed by atoms with Gasteiger partial charge in [0, 0.05) is 58.7 Å². The number of fused-ring (bicyclic) bond motifs is 1. The third kappa shape index (κ3) is 7.25. The monoisotopic (exact) mass is 501 g/mol. The zero-order valence-electron chi connectivity index (χ0n) is 21.6. The SMILES string of the molecule is COCC(=O)Nc1ccc2c(c1)OC[C@@H](C)N(Cc1cccc(F)c1)C[C@@H](C)[C@H](OC)CN(C)C2=O. The van der Waals surface area contributed by atoms with Gasteiger partial charge < -0.3 is 24.4 Å². The second-order valence-corrected chi connectivity index (χ2v) is 9.35. The van der Waals surface area contributed by atoms with Gasteiger partial charge in [0.2, 0.25) is 5.91 Å². The van der Waals surface area contributed by atoms with Gasteiger partial charge >= 0.3 is 0 Å². The van der Waals surface area contributed by atoms with Gasteiger partial charge in [-0.15, -0.1) is 0 Å². The Kier molecular flexibility index (Phi) is 9.81. The van der Waals surface area contributed by atoms with Gasteiger partial charge in [0.25, 0.3) is 5.91 Å².